The highest BCUT2D eigenvalue weighted by Crippen LogP contribution is 2.21. The average Bonchev–Trinajstić information content (AvgIpc) is 2.63. The predicted molar refractivity (Wildman–Crippen MR) is 61.4 cm³/mol. The van der Waals surface area contributed by atoms with E-state index in [0.29, 0.717) is 0 Å². The Hall–Kier alpha value is -1.75. The van der Waals surface area contributed by atoms with Crippen LogP contribution < -0.4 is 5.73 Å². The van der Waals surface area contributed by atoms with Crippen molar-refractivity contribution in [1.82, 2.24) is 20.2 Å². The summed E-state index contributed by atoms with van der Waals surface area (Å²) < 4.78 is 1.64. The molecule has 2 N–H and O–H groups in total. The van der Waals surface area contributed by atoms with Crippen molar-refractivity contribution in [1.29, 1.82) is 0 Å². The van der Waals surface area contributed by atoms with Crippen molar-refractivity contribution in [2.24, 2.45) is 12.8 Å². The summed E-state index contributed by atoms with van der Waals surface area (Å²) in [5, 5.41) is 11.4. The van der Waals surface area contributed by atoms with Crippen molar-refractivity contribution in [2.75, 3.05) is 0 Å². The monoisotopic (exact) mass is 217 g/mol. The minimum absolute atomic E-state index is 0.323. The SMILES string of the molecule is Cn1nnnc1-c1ccc(C(C)(C)N)cc1. The van der Waals surface area contributed by atoms with Crippen LogP contribution in [0.3, 0.4) is 0 Å². The molecule has 5 nitrogen and oxygen atoms in total. The lowest BCUT2D eigenvalue weighted by Gasteiger charge is -2.19. The molecule has 0 atom stereocenters. The first-order valence-corrected chi connectivity index (χ1v) is 5.10. The van der Waals surface area contributed by atoms with Gasteiger partial charge in [0.1, 0.15) is 0 Å². The highest BCUT2D eigenvalue weighted by atomic mass is 15.5. The molecule has 0 aliphatic rings. The third-order valence-electron chi connectivity index (χ3n) is 2.51. The molecule has 0 aliphatic carbocycles. The molecular weight excluding hydrogens is 202 g/mol. The van der Waals surface area contributed by atoms with Gasteiger partial charge in [-0.25, -0.2) is 4.68 Å². The summed E-state index contributed by atoms with van der Waals surface area (Å²) in [6, 6.07) is 7.97. The molecule has 0 saturated heterocycles. The van der Waals surface area contributed by atoms with Crippen LogP contribution >= 0.6 is 0 Å². The second-order valence-corrected chi connectivity index (χ2v) is 4.43. The quantitative estimate of drug-likeness (QED) is 0.817. The molecule has 1 aromatic carbocycles. The molecule has 5 heteroatoms. The molecule has 1 heterocycles. The highest BCUT2D eigenvalue weighted by Gasteiger charge is 2.14. The van der Waals surface area contributed by atoms with Gasteiger partial charge in [-0.2, -0.15) is 0 Å². The molecule has 2 rings (SSSR count). The minimum Gasteiger partial charge on any atom is -0.322 e. The third kappa shape index (κ3) is 1.94. The fourth-order valence-electron chi connectivity index (χ4n) is 1.52. The third-order valence-corrected chi connectivity index (χ3v) is 2.51. The first kappa shape index (κ1) is 10.8. The van der Waals surface area contributed by atoms with E-state index < -0.39 is 0 Å². The van der Waals surface area contributed by atoms with Gasteiger partial charge >= 0.3 is 0 Å². The Kier molecular flexibility index (Phi) is 2.47. The number of tetrazole rings is 1. The average molecular weight is 217 g/mol. The van der Waals surface area contributed by atoms with E-state index in [9.17, 15) is 0 Å². The van der Waals surface area contributed by atoms with Crippen LogP contribution in [0.15, 0.2) is 24.3 Å². The highest BCUT2D eigenvalue weighted by molar-refractivity contribution is 5.55. The van der Waals surface area contributed by atoms with E-state index in [1.165, 1.54) is 0 Å². The standard InChI is InChI=1S/C11H15N5/c1-11(2,12)9-6-4-8(5-7-9)10-13-14-15-16(10)3/h4-7H,12H2,1-3H3. The summed E-state index contributed by atoms with van der Waals surface area (Å²) in [7, 11) is 1.82. The Morgan fingerprint density at radius 2 is 1.81 bits per heavy atom. The van der Waals surface area contributed by atoms with E-state index in [-0.39, 0.29) is 5.54 Å². The number of aromatic nitrogens is 4. The smallest absolute Gasteiger partial charge is 0.181 e. The van der Waals surface area contributed by atoms with Crippen LogP contribution in [0, 0.1) is 0 Å². The van der Waals surface area contributed by atoms with Gasteiger partial charge in [0.25, 0.3) is 0 Å². The molecule has 84 valence electrons. The summed E-state index contributed by atoms with van der Waals surface area (Å²) >= 11 is 0. The summed E-state index contributed by atoms with van der Waals surface area (Å²) in [5.41, 5.74) is 7.76. The van der Waals surface area contributed by atoms with E-state index in [1.54, 1.807) is 4.68 Å². The van der Waals surface area contributed by atoms with Crippen LogP contribution in [0.5, 0.6) is 0 Å². The molecule has 0 unspecified atom stereocenters. The van der Waals surface area contributed by atoms with Crippen molar-refractivity contribution in [3.8, 4) is 11.4 Å². The van der Waals surface area contributed by atoms with Crippen LogP contribution in [-0.2, 0) is 12.6 Å². The number of hydrogen-bond donors (Lipinski definition) is 1. The van der Waals surface area contributed by atoms with Crippen LogP contribution in [0.4, 0.5) is 0 Å². The summed E-state index contributed by atoms with van der Waals surface area (Å²) in [5.74, 6) is 0.751. The molecule has 0 radical (unpaired) electrons. The maximum atomic E-state index is 6.01. The Morgan fingerprint density at radius 1 is 1.19 bits per heavy atom. The molecule has 1 aromatic heterocycles. The minimum atomic E-state index is -0.323. The van der Waals surface area contributed by atoms with E-state index in [1.807, 2.05) is 45.2 Å². The summed E-state index contributed by atoms with van der Waals surface area (Å²) in [6.45, 7) is 3.96. The molecule has 0 amide bonds. The topological polar surface area (TPSA) is 69.6 Å². The predicted octanol–water partition coefficient (Wildman–Crippen LogP) is 1.07. The van der Waals surface area contributed by atoms with Crippen LogP contribution in [0.25, 0.3) is 11.4 Å². The van der Waals surface area contributed by atoms with E-state index >= 15 is 0 Å². The zero-order valence-electron chi connectivity index (χ0n) is 9.68. The molecule has 16 heavy (non-hydrogen) atoms. The van der Waals surface area contributed by atoms with Crippen molar-refractivity contribution in [3.63, 3.8) is 0 Å². The lowest BCUT2D eigenvalue weighted by atomic mass is 9.95. The van der Waals surface area contributed by atoms with Gasteiger partial charge in [-0.1, -0.05) is 24.3 Å². The van der Waals surface area contributed by atoms with Crippen LogP contribution in [-0.4, -0.2) is 20.2 Å². The number of rotatable bonds is 2. The molecule has 0 bridgehead atoms. The lowest BCUT2D eigenvalue weighted by molar-refractivity contribution is 0.554. The summed E-state index contributed by atoms with van der Waals surface area (Å²) in [4.78, 5) is 0. The van der Waals surface area contributed by atoms with Gasteiger partial charge in [-0.3, -0.25) is 0 Å². The van der Waals surface area contributed by atoms with Crippen molar-refractivity contribution in [2.45, 2.75) is 19.4 Å². The zero-order chi connectivity index (χ0) is 11.8. The molecule has 0 fully saturated rings. The van der Waals surface area contributed by atoms with Crippen LogP contribution in [0.1, 0.15) is 19.4 Å². The Balaban J connectivity index is 2.37. The Bertz CT molecular complexity index is 478. The number of nitrogens with zero attached hydrogens (tertiary/aromatic N) is 4. The molecule has 0 spiro atoms. The number of nitrogens with two attached hydrogens (primary N) is 1. The first-order chi connectivity index (χ1) is 7.48. The fraction of sp³-hybridized carbons (Fsp3) is 0.364. The van der Waals surface area contributed by atoms with E-state index in [4.69, 9.17) is 5.73 Å². The van der Waals surface area contributed by atoms with Crippen LogP contribution in [0.2, 0.25) is 0 Å². The van der Waals surface area contributed by atoms with Gasteiger partial charge in [-0.15, -0.1) is 5.10 Å². The molecule has 0 saturated carbocycles. The Morgan fingerprint density at radius 3 is 2.25 bits per heavy atom. The van der Waals surface area contributed by atoms with Gasteiger partial charge in [0, 0.05) is 18.2 Å². The largest absolute Gasteiger partial charge is 0.322 e. The van der Waals surface area contributed by atoms with Gasteiger partial charge in [0.2, 0.25) is 0 Å². The number of benzene rings is 1. The maximum Gasteiger partial charge on any atom is 0.181 e. The zero-order valence-corrected chi connectivity index (χ0v) is 9.68. The van der Waals surface area contributed by atoms with Crippen molar-refractivity contribution in [3.05, 3.63) is 29.8 Å². The normalized spacial score (nSPS) is 11.8. The molecule has 2 aromatic rings. The fourth-order valence-corrected chi connectivity index (χ4v) is 1.52. The summed E-state index contributed by atoms with van der Waals surface area (Å²) in [6.07, 6.45) is 0. The van der Waals surface area contributed by atoms with Gasteiger partial charge in [0.05, 0.1) is 0 Å². The van der Waals surface area contributed by atoms with Crippen molar-refractivity contribution < 1.29 is 0 Å². The molecule has 0 aliphatic heterocycles. The maximum absolute atomic E-state index is 6.01. The second kappa shape index (κ2) is 3.68. The van der Waals surface area contributed by atoms with Gasteiger partial charge in [0.15, 0.2) is 5.82 Å². The van der Waals surface area contributed by atoms with Crippen molar-refractivity contribution >= 4 is 0 Å². The molecular formula is C11H15N5. The van der Waals surface area contributed by atoms with E-state index in [2.05, 4.69) is 15.5 Å². The Labute approximate surface area is 94.3 Å². The second-order valence-electron chi connectivity index (χ2n) is 4.43. The van der Waals surface area contributed by atoms with Gasteiger partial charge in [-0.05, 0) is 29.8 Å². The number of aryl methyl sites for hydroxylation is 1. The number of hydrogen-bond acceptors (Lipinski definition) is 4. The first-order valence-electron chi connectivity index (χ1n) is 5.10. The van der Waals surface area contributed by atoms with E-state index in [0.717, 1.165) is 17.0 Å². The van der Waals surface area contributed by atoms with Gasteiger partial charge < -0.3 is 5.73 Å². The lowest BCUT2D eigenvalue weighted by Crippen LogP contribution is -2.28.